The molecule has 6 heteroatoms. The first kappa shape index (κ1) is 16.2. The van der Waals surface area contributed by atoms with Gasteiger partial charge in [-0.3, -0.25) is 0 Å². The summed E-state index contributed by atoms with van der Waals surface area (Å²) in [6, 6.07) is 5.71. The number of nitrogens with two attached hydrogens (primary N) is 1. The van der Waals surface area contributed by atoms with Gasteiger partial charge >= 0.3 is 0 Å². The number of halogens is 2. The molecule has 0 amide bonds. The third kappa shape index (κ3) is 3.37. The molecule has 0 aliphatic rings. The lowest BCUT2D eigenvalue weighted by atomic mass is 9.91. The van der Waals surface area contributed by atoms with E-state index in [1.807, 2.05) is 18.2 Å². The molecule has 4 nitrogen and oxygen atoms in total. The second-order valence-corrected chi connectivity index (χ2v) is 7.34. The molecule has 0 saturated carbocycles. The average molecular weight is 415 g/mol. The Labute approximate surface area is 141 Å². The molecule has 1 aromatic carbocycles. The molecule has 0 spiro atoms. The highest BCUT2D eigenvalue weighted by Crippen LogP contribution is 2.34. The van der Waals surface area contributed by atoms with E-state index in [2.05, 4.69) is 62.6 Å². The number of anilines is 1. The fourth-order valence-electron chi connectivity index (χ4n) is 1.90. The Morgan fingerprint density at radius 3 is 2.33 bits per heavy atom. The first-order valence-electron chi connectivity index (χ1n) is 6.41. The Hall–Kier alpha value is -1.14. The van der Waals surface area contributed by atoms with Crippen LogP contribution in [0.4, 0.5) is 5.82 Å². The number of nitrogens with zero attached hydrogens (tertiary/aromatic N) is 2. The van der Waals surface area contributed by atoms with Crippen molar-refractivity contribution in [3.8, 4) is 17.1 Å². The average Bonchev–Trinajstić information content (AvgIpc) is 2.40. The summed E-state index contributed by atoms with van der Waals surface area (Å²) in [5.74, 6) is 1.81. The minimum Gasteiger partial charge on any atom is -0.496 e. The largest absolute Gasteiger partial charge is 0.496 e. The van der Waals surface area contributed by atoms with Gasteiger partial charge in [-0.05, 0) is 50.1 Å². The fourth-order valence-corrected chi connectivity index (χ4v) is 3.21. The molecule has 0 bridgehead atoms. The Bertz CT molecular complexity index is 681. The van der Waals surface area contributed by atoms with E-state index < -0.39 is 0 Å². The lowest BCUT2D eigenvalue weighted by Gasteiger charge is -2.21. The first-order chi connectivity index (χ1) is 9.74. The summed E-state index contributed by atoms with van der Waals surface area (Å²) < 4.78 is 6.84. The van der Waals surface area contributed by atoms with Gasteiger partial charge in [-0.1, -0.05) is 20.8 Å². The maximum absolute atomic E-state index is 6.02. The van der Waals surface area contributed by atoms with Gasteiger partial charge in [0.05, 0.1) is 21.7 Å². The van der Waals surface area contributed by atoms with Crippen LogP contribution in [-0.4, -0.2) is 17.1 Å². The lowest BCUT2D eigenvalue weighted by Crippen LogP contribution is -2.17. The van der Waals surface area contributed by atoms with Crippen molar-refractivity contribution < 1.29 is 4.74 Å². The van der Waals surface area contributed by atoms with Crippen molar-refractivity contribution in [2.45, 2.75) is 26.2 Å². The molecule has 0 saturated heterocycles. The van der Waals surface area contributed by atoms with E-state index in [-0.39, 0.29) is 5.41 Å². The van der Waals surface area contributed by atoms with E-state index in [1.54, 1.807) is 7.11 Å². The molecular weight excluding hydrogens is 398 g/mol. The van der Waals surface area contributed by atoms with Crippen molar-refractivity contribution in [2.24, 2.45) is 0 Å². The van der Waals surface area contributed by atoms with Crippen LogP contribution in [0.1, 0.15) is 26.5 Å². The van der Waals surface area contributed by atoms with Crippen LogP contribution < -0.4 is 10.5 Å². The van der Waals surface area contributed by atoms with E-state index >= 15 is 0 Å². The van der Waals surface area contributed by atoms with Gasteiger partial charge in [0.2, 0.25) is 0 Å². The Morgan fingerprint density at radius 2 is 1.81 bits per heavy atom. The molecule has 2 aromatic rings. The highest BCUT2D eigenvalue weighted by Gasteiger charge is 2.23. The zero-order chi connectivity index (χ0) is 15.8. The number of ether oxygens (including phenoxy) is 1. The molecule has 0 atom stereocenters. The lowest BCUT2D eigenvalue weighted by molar-refractivity contribution is 0.412. The van der Waals surface area contributed by atoms with E-state index in [1.165, 1.54) is 0 Å². The van der Waals surface area contributed by atoms with Crippen LogP contribution >= 0.6 is 31.9 Å². The maximum Gasteiger partial charge on any atom is 0.161 e. The maximum atomic E-state index is 6.02. The molecule has 0 aliphatic heterocycles. The molecule has 112 valence electrons. The van der Waals surface area contributed by atoms with Gasteiger partial charge in [0.15, 0.2) is 5.82 Å². The molecule has 2 rings (SSSR count). The minimum atomic E-state index is -0.131. The van der Waals surface area contributed by atoms with Crippen molar-refractivity contribution in [3.63, 3.8) is 0 Å². The minimum absolute atomic E-state index is 0.131. The molecule has 0 radical (unpaired) electrons. The molecule has 1 aromatic heterocycles. The van der Waals surface area contributed by atoms with Gasteiger partial charge in [0.25, 0.3) is 0 Å². The first-order valence-corrected chi connectivity index (χ1v) is 8.00. The molecule has 21 heavy (non-hydrogen) atoms. The van der Waals surface area contributed by atoms with Crippen molar-refractivity contribution in [1.82, 2.24) is 9.97 Å². The zero-order valence-corrected chi connectivity index (χ0v) is 15.5. The second kappa shape index (κ2) is 5.93. The molecule has 0 unspecified atom stereocenters. The summed E-state index contributed by atoms with van der Waals surface area (Å²) >= 11 is 6.96. The van der Waals surface area contributed by atoms with Crippen LogP contribution in [0, 0.1) is 0 Å². The molecule has 0 fully saturated rings. The number of rotatable bonds is 2. The normalized spacial score (nSPS) is 11.5. The number of benzene rings is 1. The van der Waals surface area contributed by atoms with Gasteiger partial charge in [-0.25, -0.2) is 9.97 Å². The number of methoxy groups -OCH3 is 1. The van der Waals surface area contributed by atoms with E-state index in [4.69, 9.17) is 10.5 Å². The van der Waals surface area contributed by atoms with E-state index in [9.17, 15) is 0 Å². The third-order valence-corrected chi connectivity index (χ3v) is 4.40. The predicted octanol–water partition coefficient (Wildman–Crippen LogP) is 4.56. The number of aromatic nitrogens is 2. The standard InChI is InChI=1S/C15H17Br2N3O/c1-15(2,3)12-11(17)13(18)20-14(19-12)8-5-6-10(21-4)9(16)7-8/h5-7H,1-4H3,(H2,18,19,20). The van der Waals surface area contributed by atoms with Gasteiger partial charge in [0.1, 0.15) is 11.6 Å². The number of hydrogen-bond acceptors (Lipinski definition) is 4. The van der Waals surface area contributed by atoms with Crippen LogP contribution in [0.3, 0.4) is 0 Å². The van der Waals surface area contributed by atoms with E-state index in [0.29, 0.717) is 11.6 Å². The zero-order valence-electron chi connectivity index (χ0n) is 12.4. The van der Waals surface area contributed by atoms with Crippen molar-refractivity contribution >= 4 is 37.7 Å². The SMILES string of the molecule is COc1ccc(-c2nc(N)c(Br)c(C(C)(C)C)n2)cc1Br. The summed E-state index contributed by atoms with van der Waals surface area (Å²) in [6.07, 6.45) is 0. The smallest absolute Gasteiger partial charge is 0.161 e. The van der Waals surface area contributed by atoms with Gasteiger partial charge < -0.3 is 10.5 Å². The Kier molecular flexibility index (Phi) is 4.58. The van der Waals surface area contributed by atoms with Crippen molar-refractivity contribution in [3.05, 3.63) is 32.8 Å². The number of nitrogen functional groups attached to an aromatic ring is 1. The summed E-state index contributed by atoms with van der Waals surface area (Å²) in [5, 5.41) is 0. The summed E-state index contributed by atoms with van der Waals surface area (Å²) in [6.45, 7) is 6.27. The number of hydrogen-bond donors (Lipinski definition) is 1. The topological polar surface area (TPSA) is 61.0 Å². The van der Waals surface area contributed by atoms with Gasteiger partial charge in [-0.15, -0.1) is 0 Å². The second-order valence-electron chi connectivity index (χ2n) is 5.69. The molecule has 1 heterocycles. The van der Waals surface area contributed by atoms with Crippen LogP contribution in [0.2, 0.25) is 0 Å². The van der Waals surface area contributed by atoms with Crippen LogP contribution in [0.15, 0.2) is 27.1 Å². The van der Waals surface area contributed by atoms with Crippen LogP contribution in [0.5, 0.6) is 5.75 Å². The highest BCUT2D eigenvalue weighted by atomic mass is 79.9. The van der Waals surface area contributed by atoms with Crippen LogP contribution in [0.25, 0.3) is 11.4 Å². The van der Waals surface area contributed by atoms with Gasteiger partial charge in [0, 0.05) is 11.0 Å². The predicted molar refractivity (Wildman–Crippen MR) is 92.5 cm³/mol. The van der Waals surface area contributed by atoms with Crippen LogP contribution in [-0.2, 0) is 5.41 Å². The van der Waals surface area contributed by atoms with Crippen molar-refractivity contribution in [1.29, 1.82) is 0 Å². The Balaban J connectivity index is 2.60. The summed E-state index contributed by atoms with van der Waals surface area (Å²) in [4.78, 5) is 9.04. The summed E-state index contributed by atoms with van der Waals surface area (Å²) in [7, 11) is 1.63. The fraction of sp³-hybridized carbons (Fsp3) is 0.333. The summed E-state index contributed by atoms with van der Waals surface area (Å²) in [5.41, 5.74) is 7.65. The molecule has 2 N–H and O–H groups in total. The third-order valence-electron chi connectivity index (χ3n) is 3.00. The molecular formula is C15H17Br2N3O. The monoisotopic (exact) mass is 413 g/mol. The Morgan fingerprint density at radius 1 is 1.14 bits per heavy atom. The highest BCUT2D eigenvalue weighted by molar-refractivity contribution is 9.11. The van der Waals surface area contributed by atoms with Gasteiger partial charge in [-0.2, -0.15) is 0 Å². The molecule has 0 aliphatic carbocycles. The van der Waals surface area contributed by atoms with Crippen molar-refractivity contribution in [2.75, 3.05) is 12.8 Å². The quantitative estimate of drug-likeness (QED) is 0.782. The van der Waals surface area contributed by atoms with E-state index in [0.717, 1.165) is 26.0 Å².